The van der Waals surface area contributed by atoms with Gasteiger partial charge in [0.2, 0.25) is 0 Å². The lowest BCUT2D eigenvalue weighted by Gasteiger charge is -2.19. The fraction of sp³-hybridized carbons (Fsp3) is 0.643. The molecule has 18 heavy (non-hydrogen) atoms. The van der Waals surface area contributed by atoms with Crippen molar-refractivity contribution in [1.82, 2.24) is 9.78 Å². The molecule has 1 rings (SSSR count). The van der Waals surface area contributed by atoms with E-state index in [1.165, 1.54) is 11.6 Å². The van der Waals surface area contributed by atoms with Gasteiger partial charge in [-0.25, -0.2) is 4.68 Å². The standard InChI is InChI=1S/C14H22N2O2/c1-6-7-8-16-13(18)11(10(2)17)9-12(15-16)14(3,4)5/h9H,6-8H2,1-5H3. The summed E-state index contributed by atoms with van der Waals surface area (Å²) in [5.74, 6) is -0.196. The number of unbranched alkanes of at least 4 members (excludes halogenated alkanes) is 1. The van der Waals surface area contributed by atoms with Crippen LogP contribution in [-0.4, -0.2) is 15.6 Å². The fourth-order valence-electron chi connectivity index (χ4n) is 1.62. The van der Waals surface area contributed by atoms with Crippen molar-refractivity contribution in [3.05, 3.63) is 27.7 Å². The van der Waals surface area contributed by atoms with Crippen LogP contribution in [0.15, 0.2) is 10.9 Å². The first-order chi connectivity index (χ1) is 8.27. The molecule has 1 aromatic heterocycles. The Morgan fingerprint density at radius 1 is 1.39 bits per heavy atom. The lowest BCUT2D eigenvalue weighted by Crippen LogP contribution is -2.31. The van der Waals surface area contributed by atoms with Gasteiger partial charge in [0.15, 0.2) is 5.78 Å². The third-order valence-corrected chi connectivity index (χ3v) is 2.85. The van der Waals surface area contributed by atoms with E-state index in [0.717, 1.165) is 18.5 Å². The molecule has 0 aliphatic rings. The number of nitrogens with zero attached hydrogens (tertiary/aromatic N) is 2. The van der Waals surface area contributed by atoms with Gasteiger partial charge in [0.1, 0.15) is 0 Å². The molecule has 0 bridgehead atoms. The highest BCUT2D eigenvalue weighted by atomic mass is 16.1. The first-order valence-corrected chi connectivity index (χ1v) is 6.41. The molecule has 4 heteroatoms. The second kappa shape index (κ2) is 5.46. The molecule has 0 aromatic carbocycles. The van der Waals surface area contributed by atoms with Crippen molar-refractivity contribution in [2.75, 3.05) is 0 Å². The van der Waals surface area contributed by atoms with Gasteiger partial charge >= 0.3 is 0 Å². The maximum Gasteiger partial charge on any atom is 0.277 e. The number of rotatable bonds is 4. The summed E-state index contributed by atoms with van der Waals surface area (Å²) in [6.45, 7) is 10.1. The maximum absolute atomic E-state index is 12.1. The summed E-state index contributed by atoms with van der Waals surface area (Å²) in [6, 6.07) is 1.63. The second-order valence-electron chi connectivity index (χ2n) is 5.63. The second-order valence-corrected chi connectivity index (χ2v) is 5.63. The monoisotopic (exact) mass is 250 g/mol. The highest BCUT2D eigenvalue weighted by Crippen LogP contribution is 2.19. The molecule has 1 aromatic rings. The van der Waals surface area contributed by atoms with Gasteiger partial charge in [-0.3, -0.25) is 9.59 Å². The zero-order chi connectivity index (χ0) is 13.9. The van der Waals surface area contributed by atoms with Crippen molar-refractivity contribution < 1.29 is 4.79 Å². The average Bonchev–Trinajstić information content (AvgIpc) is 2.25. The minimum absolute atomic E-state index is 0.175. The summed E-state index contributed by atoms with van der Waals surface area (Å²) in [6.07, 6.45) is 1.88. The molecule has 0 fully saturated rings. The zero-order valence-corrected chi connectivity index (χ0v) is 11.9. The summed E-state index contributed by atoms with van der Waals surface area (Å²) in [7, 11) is 0. The summed E-state index contributed by atoms with van der Waals surface area (Å²) in [5.41, 5.74) is 0.574. The van der Waals surface area contributed by atoms with Crippen LogP contribution in [0.25, 0.3) is 0 Å². The van der Waals surface area contributed by atoms with Crippen LogP contribution >= 0.6 is 0 Å². The van der Waals surface area contributed by atoms with E-state index in [2.05, 4.69) is 12.0 Å². The molecule has 4 nitrogen and oxygen atoms in total. The van der Waals surface area contributed by atoms with Crippen LogP contribution in [0.1, 0.15) is 63.5 Å². The van der Waals surface area contributed by atoms with E-state index < -0.39 is 0 Å². The summed E-state index contributed by atoms with van der Waals surface area (Å²) < 4.78 is 1.43. The molecule has 0 amide bonds. The third-order valence-electron chi connectivity index (χ3n) is 2.85. The van der Waals surface area contributed by atoms with Crippen molar-refractivity contribution in [1.29, 1.82) is 0 Å². The number of carbonyl (C=O) groups excluding carboxylic acids is 1. The summed E-state index contributed by atoms with van der Waals surface area (Å²) in [5, 5.41) is 4.38. The minimum Gasteiger partial charge on any atom is -0.294 e. The van der Waals surface area contributed by atoms with E-state index in [4.69, 9.17) is 0 Å². The van der Waals surface area contributed by atoms with Gasteiger partial charge in [0.05, 0.1) is 11.3 Å². The molecule has 0 spiro atoms. The number of aryl methyl sites for hydroxylation is 1. The van der Waals surface area contributed by atoms with Crippen LogP contribution in [0.5, 0.6) is 0 Å². The molecule has 0 radical (unpaired) electrons. The van der Waals surface area contributed by atoms with Crippen molar-refractivity contribution >= 4 is 5.78 Å². The first kappa shape index (κ1) is 14.6. The maximum atomic E-state index is 12.1. The van der Waals surface area contributed by atoms with E-state index in [0.29, 0.717) is 6.54 Å². The molecule has 0 atom stereocenters. The number of ketones is 1. The van der Waals surface area contributed by atoms with Crippen molar-refractivity contribution in [2.24, 2.45) is 0 Å². The normalized spacial score (nSPS) is 11.6. The Bertz CT molecular complexity index is 495. The zero-order valence-electron chi connectivity index (χ0n) is 11.9. The van der Waals surface area contributed by atoms with Crippen molar-refractivity contribution in [3.8, 4) is 0 Å². The Labute approximate surface area is 108 Å². The van der Waals surface area contributed by atoms with Crippen molar-refractivity contribution in [2.45, 2.75) is 59.4 Å². The largest absolute Gasteiger partial charge is 0.294 e. The van der Waals surface area contributed by atoms with E-state index in [9.17, 15) is 9.59 Å². The molecule has 0 unspecified atom stereocenters. The predicted octanol–water partition coefficient (Wildman–Crippen LogP) is 2.54. The molecule has 0 aliphatic heterocycles. The van der Waals surface area contributed by atoms with Crippen LogP contribution in [0.3, 0.4) is 0 Å². The summed E-state index contributed by atoms with van der Waals surface area (Å²) >= 11 is 0. The highest BCUT2D eigenvalue weighted by Gasteiger charge is 2.20. The van der Waals surface area contributed by atoms with Crippen LogP contribution in [0.4, 0.5) is 0 Å². The van der Waals surface area contributed by atoms with Crippen LogP contribution in [-0.2, 0) is 12.0 Å². The lowest BCUT2D eigenvalue weighted by molar-refractivity contribution is 0.101. The number of hydrogen-bond acceptors (Lipinski definition) is 3. The molecule has 0 N–H and O–H groups in total. The summed E-state index contributed by atoms with van der Waals surface area (Å²) in [4.78, 5) is 23.6. The molecular weight excluding hydrogens is 228 g/mol. The highest BCUT2D eigenvalue weighted by molar-refractivity contribution is 5.93. The Kier molecular flexibility index (Phi) is 4.43. The quantitative estimate of drug-likeness (QED) is 0.772. The van der Waals surface area contributed by atoms with Gasteiger partial charge < -0.3 is 0 Å². The van der Waals surface area contributed by atoms with Gasteiger partial charge in [-0.05, 0) is 19.4 Å². The van der Waals surface area contributed by atoms with E-state index in [1.807, 2.05) is 20.8 Å². The fourth-order valence-corrected chi connectivity index (χ4v) is 1.62. The Morgan fingerprint density at radius 2 is 2.00 bits per heavy atom. The van der Waals surface area contributed by atoms with Crippen LogP contribution in [0.2, 0.25) is 0 Å². The minimum atomic E-state index is -0.274. The van der Waals surface area contributed by atoms with E-state index in [1.54, 1.807) is 6.07 Å². The molecular formula is C14H22N2O2. The molecule has 0 aliphatic carbocycles. The number of carbonyl (C=O) groups is 1. The predicted molar refractivity (Wildman–Crippen MR) is 72.1 cm³/mol. The number of aromatic nitrogens is 2. The van der Waals surface area contributed by atoms with Gasteiger partial charge in [-0.2, -0.15) is 5.10 Å². The smallest absolute Gasteiger partial charge is 0.277 e. The van der Waals surface area contributed by atoms with Gasteiger partial charge in [0.25, 0.3) is 5.56 Å². The molecule has 0 saturated carbocycles. The average molecular weight is 250 g/mol. The van der Waals surface area contributed by atoms with Gasteiger partial charge in [-0.15, -0.1) is 0 Å². The third kappa shape index (κ3) is 3.28. The van der Waals surface area contributed by atoms with E-state index in [-0.39, 0.29) is 22.3 Å². The van der Waals surface area contributed by atoms with Crippen LogP contribution in [0, 0.1) is 0 Å². The molecule has 0 saturated heterocycles. The lowest BCUT2D eigenvalue weighted by atomic mass is 9.91. The Morgan fingerprint density at radius 3 is 2.44 bits per heavy atom. The SMILES string of the molecule is CCCCn1nc(C(C)(C)C)cc(C(C)=O)c1=O. The Balaban J connectivity index is 3.37. The molecule has 100 valence electrons. The number of hydrogen-bond donors (Lipinski definition) is 0. The Hall–Kier alpha value is -1.45. The molecule has 1 heterocycles. The number of Topliss-reactive ketones (excluding diaryl/α,β-unsaturated/α-hetero) is 1. The van der Waals surface area contributed by atoms with Gasteiger partial charge in [-0.1, -0.05) is 34.1 Å². The van der Waals surface area contributed by atoms with Crippen LogP contribution < -0.4 is 5.56 Å². The van der Waals surface area contributed by atoms with Crippen molar-refractivity contribution in [3.63, 3.8) is 0 Å². The topological polar surface area (TPSA) is 52.0 Å². The van der Waals surface area contributed by atoms with E-state index >= 15 is 0 Å². The first-order valence-electron chi connectivity index (χ1n) is 6.41. The van der Waals surface area contributed by atoms with Gasteiger partial charge in [0, 0.05) is 12.0 Å².